The number of ether oxygens (including phenoxy) is 1. The van der Waals surface area contributed by atoms with Crippen molar-refractivity contribution in [3.8, 4) is 0 Å². The molecule has 3 saturated heterocycles. The molecule has 6 atom stereocenters. The number of carbonyl (C=O) groups is 3. The van der Waals surface area contributed by atoms with Gasteiger partial charge in [0.15, 0.2) is 0 Å². The molecule has 3 heterocycles. The van der Waals surface area contributed by atoms with Crippen molar-refractivity contribution >= 4 is 35.0 Å². The molecule has 0 aliphatic carbocycles. The van der Waals surface area contributed by atoms with Crippen molar-refractivity contribution < 1.29 is 24.2 Å². The number of fused-ring (bicyclic) bond motifs is 1. The number of amides is 3. The lowest BCUT2D eigenvalue weighted by atomic mass is 9.66. The smallest absolute Gasteiger partial charge is 0.253 e. The minimum Gasteiger partial charge on any atom is -0.394 e. The fourth-order valence-electron chi connectivity index (χ4n) is 7.44. The van der Waals surface area contributed by atoms with Gasteiger partial charge in [0, 0.05) is 30.3 Å². The predicted molar refractivity (Wildman–Crippen MR) is 166 cm³/mol. The first-order valence-electron chi connectivity index (χ1n) is 14.9. The van der Waals surface area contributed by atoms with Crippen LogP contribution in [0.2, 0.25) is 5.02 Å². The van der Waals surface area contributed by atoms with Crippen molar-refractivity contribution in [1.29, 1.82) is 0 Å². The second kappa shape index (κ2) is 12.3. The first-order valence-corrected chi connectivity index (χ1v) is 15.3. The molecule has 2 bridgehead atoms. The number of likely N-dealkylation sites (tertiary alicyclic amines) is 1. The largest absolute Gasteiger partial charge is 0.394 e. The zero-order valence-electron chi connectivity index (χ0n) is 24.8. The molecule has 3 amide bonds. The van der Waals surface area contributed by atoms with Crippen molar-refractivity contribution in [2.45, 2.75) is 62.9 Å². The zero-order chi connectivity index (χ0) is 30.9. The number of nitrogens with zero attached hydrogens (tertiary/aromatic N) is 3. The van der Waals surface area contributed by atoms with E-state index in [0.717, 1.165) is 5.56 Å². The maximum atomic E-state index is 14.7. The highest BCUT2D eigenvalue weighted by molar-refractivity contribution is 6.30. The normalized spacial score (nSPS) is 28.0. The summed E-state index contributed by atoms with van der Waals surface area (Å²) in [5.74, 6) is -2.52. The van der Waals surface area contributed by atoms with Gasteiger partial charge in [-0.1, -0.05) is 61.0 Å². The van der Waals surface area contributed by atoms with Gasteiger partial charge in [-0.2, -0.15) is 0 Å². The highest BCUT2D eigenvalue weighted by atomic mass is 35.5. The van der Waals surface area contributed by atoms with E-state index in [1.807, 2.05) is 44.2 Å². The molecule has 228 valence electrons. The van der Waals surface area contributed by atoms with Crippen LogP contribution >= 0.6 is 11.6 Å². The summed E-state index contributed by atoms with van der Waals surface area (Å²) < 4.78 is 6.83. The third kappa shape index (κ3) is 5.19. The monoisotopic (exact) mass is 605 g/mol. The summed E-state index contributed by atoms with van der Waals surface area (Å²) in [4.78, 5) is 48.5. The zero-order valence-corrected chi connectivity index (χ0v) is 25.6. The molecule has 3 fully saturated rings. The van der Waals surface area contributed by atoms with Crippen molar-refractivity contribution in [2.75, 3.05) is 24.6 Å². The van der Waals surface area contributed by atoms with Crippen LogP contribution < -0.4 is 4.90 Å². The predicted octanol–water partition coefficient (Wildman–Crippen LogP) is 4.61. The number of benzene rings is 2. The molecule has 0 radical (unpaired) electrons. The fourth-order valence-corrected chi connectivity index (χ4v) is 7.56. The number of hydrogen-bond acceptors (Lipinski definition) is 5. The van der Waals surface area contributed by atoms with Crippen LogP contribution in [0, 0.1) is 11.8 Å². The second-order valence-corrected chi connectivity index (χ2v) is 12.4. The lowest BCUT2D eigenvalue weighted by molar-refractivity contribution is -0.152. The van der Waals surface area contributed by atoms with E-state index < -0.39 is 35.1 Å². The molecular weight excluding hydrogens is 566 g/mol. The average Bonchev–Trinajstić information content (AvgIpc) is 3.57. The molecule has 43 heavy (non-hydrogen) atoms. The van der Waals surface area contributed by atoms with Crippen LogP contribution in [0.1, 0.15) is 38.7 Å². The Morgan fingerprint density at radius 1 is 1.09 bits per heavy atom. The van der Waals surface area contributed by atoms with E-state index in [1.165, 1.54) is 4.90 Å². The van der Waals surface area contributed by atoms with Gasteiger partial charge in [-0.05, 0) is 56.0 Å². The van der Waals surface area contributed by atoms with Gasteiger partial charge in [0.1, 0.15) is 11.6 Å². The Morgan fingerprint density at radius 2 is 1.77 bits per heavy atom. The van der Waals surface area contributed by atoms with Crippen LogP contribution in [0.3, 0.4) is 0 Å². The molecule has 1 N–H and O–H groups in total. The van der Waals surface area contributed by atoms with E-state index >= 15 is 0 Å². The molecule has 2 unspecified atom stereocenters. The molecule has 9 heteroatoms. The van der Waals surface area contributed by atoms with Crippen LogP contribution in [-0.2, 0) is 25.7 Å². The molecule has 0 saturated carbocycles. The van der Waals surface area contributed by atoms with E-state index in [9.17, 15) is 19.5 Å². The number of hydrogen-bond donors (Lipinski definition) is 1. The summed E-state index contributed by atoms with van der Waals surface area (Å²) in [6, 6.07) is 15.0. The molecule has 0 aromatic heterocycles. The van der Waals surface area contributed by atoms with Crippen LogP contribution in [0.15, 0.2) is 79.9 Å². The number of rotatable bonds is 12. The highest BCUT2D eigenvalue weighted by Gasteiger charge is 2.78. The maximum absolute atomic E-state index is 14.7. The van der Waals surface area contributed by atoms with Crippen molar-refractivity contribution in [1.82, 2.24) is 9.80 Å². The summed E-state index contributed by atoms with van der Waals surface area (Å²) in [7, 11) is 0. The summed E-state index contributed by atoms with van der Waals surface area (Å²) in [5, 5.41) is 10.9. The maximum Gasteiger partial charge on any atom is 0.253 e. The number of anilines is 1. The van der Waals surface area contributed by atoms with Gasteiger partial charge in [0.2, 0.25) is 11.8 Å². The molecule has 2 aromatic carbocycles. The van der Waals surface area contributed by atoms with Crippen LogP contribution in [0.4, 0.5) is 5.69 Å². The van der Waals surface area contributed by atoms with Gasteiger partial charge < -0.3 is 24.5 Å². The number of halogens is 1. The third-order valence-electron chi connectivity index (χ3n) is 9.38. The minimum absolute atomic E-state index is 0.194. The Morgan fingerprint density at radius 3 is 2.37 bits per heavy atom. The standard InChI is InChI=1S/C34H40ClN3O5/c1-5-19-36(21-23-11-9-8-10-12-23)30(40)27-28-31(41)38(25(7-3)22-39)29(34(28)18-17-33(27,4)43-34)32(42)37(20-6-2)26-15-13-24(35)14-16-26/h5-6,8-16,25,27-29,39H,1-2,7,17-22H2,3-4H3/t25-,27-,28-,29?,33+,34?/m0/s1. The van der Waals surface area contributed by atoms with Gasteiger partial charge in [-0.3, -0.25) is 14.4 Å². The van der Waals surface area contributed by atoms with Gasteiger partial charge in [0.05, 0.1) is 30.1 Å². The number of carbonyl (C=O) groups excluding carboxylic acids is 3. The SMILES string of the molecule is C=CCN(Cc1ccccc1)C(=O)[C@@H]1[C@H]2C(=O)N([C@@H](CC)CO)C(C(=O)N(CC=C)c3ccc(Cl)cc3)C23CC[C@@]1(C)O3. The summed E-state index contributed by atoms with van der Waals surface area (Å²) in [6.45, 7) is 12.0. The van der Waals surface area contributed by atoms with E-state index in [0.29, 0.717) is 43.1 Å². The fraction of sp³-hybridized carbons (Fsp3) is 0.441. The summed E-state index contributed by atoms with van der Waals surface area (Å²) >= 11 is 6.14. The third-order valence-corrected chi connectivity index (χ3v) is 9.64. The summed E-state index contributed by atoms with van der Waals surface area (Å²) in [6.07, 6.45) is 4.71. The molecule has 8 nitrogen and oxygen atoms in total. The van der Waals surface area contributed by atoms with Crippen LogP contribution in [0.5, 0.6) is 0 Å². The quantitative estimate of drug-likeness (QED) is 0.357. The lowest BCUT2D eigenvalue weighted by Gasteiger charge is -2.39. The minimum atomic E-state index is -1.22. The molecule has 2 aromatic rings. The Labute approximate surface area is 258 Å². The molecule has 1 spiro atoms. The first kappa shape index (κ1) is 31.0. The molecular formula is C34H40ClN3O5. The van der Waals surface area contributed by atoms with Gasteiger partial charge >= 0.3 is 0 Å². The summed E-state index contributed by atoms with van der Waals surface area (Å²) in [5.41, 5.74) is -0.583. The van der Waals surface area contributed by atoms with Crippen LogP contribution in [-0.4, -0.2) is 75.6 Å². The molecule has 3 aliphatic heterocycles. The highest BCUT2D eigenvalue weighted by Crippen LogP contribution is 2.64. The topological polar surface area (TPSA) is 90.4 Å². The van der Waals surface area contributed by atoms with Gasteiger partial charge in [0.25, 0.3) is 5.91 Å². The average molecular weight is 606 g/mol. The Bertz CT molecular complexity index is 1380. The first-order chi connectivity index (χ1) is 20.7. The van der Waals surface area contributed by atoms with Crippen molar-refractivity contribution in [2.24, 2.45) is 11.8 Å². The van der Waals surface area contributed by atoms with Gasteiger partial charge in [-0.15, -0.1) is 13.2 Å². The number of aliphatic hydroxyl groups excluding tert-OH is 1. The Hall–Kier alpha value is -3.46. The lowest BCUT2D eigenvalue weighted by Crippen LogP contribution is -2.59. The molecule has 3 aliphatic rings. The van der Waals surface area contributed by atoms with Gasteiger partial charge in [-0.25, -0.2) is 0 Å². The van der Waals surface area contributed by atoms with E-state index in [2.05, 4.69) is 13.2 Å². The van der Waals surface area contributed by atoms with Crippen LogP contribution in [0.25, 0.3) is 0 Å². The Balaban J connectivity index is 1.58. The van der Waals surface area contributed by atoms with E-state index in [-0.39, 0.29) is 30.9 Å². The van der Waals surface area contributed by atoms with Crippen molar-refractivity contribution in [3.63, 3.8) is 0 Å². The second-order valence-electron chi connectivity index (χ2n) is 11.9. The van der Waals surface area contributed by atoms with E-state index in [4.69, 9.17) is 16.3 Å². The van der Waals surface area contributed by atoms with Crippen molar-refractivity contribution in [3.05, 3.63) is 90.5 Å². The molecule has 5 rings (SSSR count). The Kier molecular flexibility index (Phi) is 8.84. The van der Waals surface area contributed by atoms with E-state index in [1.54, 1.807) is 46.2 Å². The number of aliphatic hydroxyl groups is 1.